The van der Waals surface area contributed by atoms with E-state index in [1.54, 1.807) is 0 Å². The third-order valence-electron chi connectivity index (χ3n) is 5.41. The van der Waals surface area contributed by atoms with Gasteiger partial charge in [-0.15, -0.1) is 0 Å². The van der Waals surface area contributed by atoms with Gasteiger partial charge in [0, 0.05) is 18.1 Å². The molecule has 2 heteroatoms. The maximum atomic E-state index is 6.11. The van der Waals surface area contributed by atoms with E-state index in [0.717, 1.165) is 18.5 Å². The van der Waals surface area contributed by atoms with Crippen LogP contribution in [0.5, 0.6) is 0 Å². The van der Waals surface area contributed by atoms with Crippen LogP contribution in [0.4, 0.5) is 0 Å². The molecule has 0 heterocycles. The van der Waals surface area contributed by atoms with Crippen LogP contribution in [-0.4, -0.2) is 30.1 Å². The number of nitrogens with zero attached hydrogens (tertiary/aromatic N) is 1. The van der Waals surface area contributed by atoms with Crippen LogP contribution in [0, 0.1) is 11.3 Å². The van der Waals surface area contributed by atoms with Gasteiger partial charge in [-0.1, -0.05) is 27.7 Å². The molecule has 0 saturated heterocycles. The Hall–Kier alpha value is -0.0800. The highest BCUT2D eigenvalue weighted by atomic mass is 15.2. The Morgan fingerprint density at radius 3 is 2.21 bits per heavy atom. The number of hydrogen-bond donors (Lipinski definition) is 1. The number of rotatable bonds is 6. The minimum Gasteiger partial charge on any atom is -0.329 e. The van der Waals surface area contributed by atoms with E-state index in [2.05, 4.69) is 46.6 Å². The van der Waals surface area contributed by atoms with Gasteiger partial charge in [-0.05, 0) is 63.8 Å². The molecule has 0 aromatic heterocycles. The normalized spacial score (nSPS) is 23.8. The van der Waals surface area contributed by atoms with Crippen LogP contribution >= 0.6 is 0 Å². The lowest BCUT2D eigenvalue weighted by molar-refractivity contribution is 0.0385. The van der Waals surface area contributed by atoms with Crippen LogP contribution in [0.15, 0.2) is 0 Å². The molecule has 0 amide bonds. The van der Waals surface area contributed by atoms with Crippen LogP contribution in [0.3, 0.4) is 0 Å². The first-order valence-corrected chi connectivity index (χ1v) is 8.13. The average molecular weight is 268 g/mol. The predicted molar refractivity (Wildman–Crippen MR) is 85.3 cm³/mol. The second-order valence-electron chi connectivity index (χ2n) is 8.14. The van der Waals surface area contributed by atoms with Gasteiger partial charge < -0.3 is 5.73 Å². The zero-order chi connectivity index (χ0) is 14.7. The van der Waals surface area contributed by atoms with E-state index in [1.165, 1.54) is 38.5 Å². The van der Waals surface area contributed by atoms with Crippen molar-refractivity contribution in [2.45, 2.75) is 84.7 Å². The van der Waals surface area contributed by atoms with Crippen LogP contribution in [0.2, 0.25) is 0 Å². The Morgan fingerprint density at radius 1 is 1.26 bits per heavy atom. The lowest BCUT2D eigenvalue weighted by Crippen LogP contribution is -2.55. The van der Waals surface area contributed by atoms with Crippen molar-refractivity contribution in [3.63, 3.8) is 0 Å². The van der Waals surface area contributed by atoms with Gasteiger partial charge in [0.2, 0.25) is 0 Å². The molecule has 114 valence electrons. The molecule has 1 saturated carbocycles. The molecule has 0 spiro atoms. The summed E-state index contributed by atoms with van der Waals surface area (Å²) in [6.45, 7) is 12.6. The maximum absolute atomic E-state index is 6.11. The van der Waals surface area contributed by atoms with Crippen molar-refractivity contribution in [2.24, 2.45) is 17.1 Å². The van der Waals surface area contributed by atoms with Gasteiger partial charge in [0.05, 0.1) is 0 Å². The van der Waals surface area contributed by atoms with E-state index >= 15 is 0 Å². The van der Waals surface area contributed by atoms with Gasteiger partial charge in [0.25, 0.3) is 0 Å². The van der Waals surface area contributed by atoms with E-state index in [0.29, 0.717) is 5.41 Å². The molecule has 0 bridgehead atoms. The van der Waals surface area contributed by atoms with E-state index in [9.17, 15) is 0 Å². The van der Waals surface area contributed by atoms with E-state index in [1.807, 2.05) is 0 Å². The molecule has 1 atom stereocenters. The zero-order valence-corrected chi connectivity index (χ0v) is 14.1. The van der Waals surface area contributed by atoms with Gasteiger partial charge >= 0.3 is 0 Å². The summed E-state index contributed by atoms with van der Waals surface area (Å²) < 4.78 is 0. The number of hydrogen-bond acceptors (Lipinski definition) is 2. The van der Waals surface area contributed by atoms with Crippen LogP contribution < -0.4 is 5.73 Å². The molecule has 0 aromatic carbocycles. The van der Waals surface area contributed by atoms with Gasteiger partial charge in [-0.25, -0.2) is 0 Å². The van der Waals surface area contributed by atoms with Crippen molar-refractivity contribution in [2.75, 3.05) is 13.6 Å². The first-order chi connectivity index (χ1) is 8.70. The van der Waals surface area contributed by atoms with E-state index in [4.69, 9.17) is 5.73 Å². The molecule has 1 aliphatic carbocycles. The summed E-state index contributed by atoms with van der Waals surface area (Å²) in [5, 5.41) is 0. The quantitative estimate of drug-likeness (QED) is 0.787. The Balaban J connectivity index is 2.60. The standard InChI is InChI=1S/C17H36N2/c1-14(2)7-12-17(5,13-18)19(6)15-8-10-16(3,4)11-9-15/h14-15H,7-13,18H2,1-6H3. The summed E-state index contributed by atoms with van der Waals surface area (Å²) in [6, 6.07) is 0.730. The molecule has 1 rings (SSSR count). The number of nitrogens with two attached hydrogens (primary N) is 1. The zero-order valence-electron chi connectivity index (χ0n) is 14.1. The summed E-state index contributed by atoms with van der Waals surface area (Å²) in [5.74, 6) is 0.768. The fraction of sp³-hybridized carbons (Fsp3) is 1.00. The highest BCUT2D eigenvalue weighted by Gasteiger charge is 2.36. The highest BCUT2D eigenvalue weighted by molar-refractivity contribution is 4.92. The summed E-state index contributed by atoms with van der Waals surface area (Å²) in [4.78, 5) is 2.60. The van der Waals surface area contributed by atoms with Gasteiger partial charge in [0.15, 0.2) is 0 Å². The summed E-state index contributed by atoms with van der Waals surface area (Å²) >= 11 is 0. The van der Waals surface area contributed by atoms with Crippen molar-refractivity contribution in [1.29, 1.82) is 0 Å². The van der Waals surface area contributed by atoms with Gasteiger partial charge in [-0.3, -0.25) is 4.90 Å². The Kier molecular flexibility index (Phi) is 5.88. The summed E-state index contributed by atoms with van der Waals surface area (Å²) in [5.41, 5.74) is 6.84. The molecule has 2 N–H and O–H groups in total. The van der Waals surface area contributed by atoms with E-state index < -0.39 is 0 Å². The molecule has 1 aliphatic rings. The summed E-state index contributed by atoms with van der Waals surface area (Å²) in [7, 11) is 2.30. The molecule has 19 heavy (non-hydrogen) atoms. The molecule has 0 aliphatic heterocycles. The predicted octanol–water partition coefficient (Wildman–Crippen LogP) is 4.04. The van der Waals surface area contributed by atoms with Gasteiger partial charge in [-0.2, -0.15) is 0 Å². The van der Waals surface area contributed by atoms with Crippen LogP contribution in [0.25, 0.3) is 0 Å². The van der Waals surface area contributed by atoms with Crippen molar-refractivity contribution >= 4 is 0 Å². The molecule has 0 radical (unpaired) electrons. The molecule has 1 fully saturated rings. The van der Waals surface area contributed by atoms with Crippen molar-refractivity contribution < 1.29 is 0 Å². The SMILES string of the molecule is CC(C)CCC(C)(CN)N(C)C1CCC(C)(C)CC1. The van der Waals surface area contributed by atoms with Crippen molar-refractivity contribution in [3.05, 3.63) is 0 Å². The first-order valence-electron chi connectivity index (χ1n) is 8.13. The molecule has 2 nitrogen and oxygen atoms in total. The van der Waals surface area contributed by atoms with Crippen molar-refractivity contribution in [1.82, 2.24) is 4.90 Å². The third-order valence-corrected chi connectivity index (χ3v) is 5.41. The third kappa shape index (κ3) is 4.75. The smallest absolute Gasteiger partial charge is 0.0303 e. The van der Waals surface area contributed by atoms with Crippen LogP contribution in [-0.2, 0) is 0 Å². The summed E-state index contributed by atoms with van der Waals surface area (Å²) in [6.07, 6.45) is 7.87. The maximum Gasteiger partial charge on any atom is 0.0303 e. The fourth-order valence-electron chi connectivity index (χ4n) is 3.23. The molecular formula is C17H36N2. The molecule has 1 unspecified atom stereocenters. The van der Waals surface area contributed by atoms with Crippen molar-refractivity contribution in [3.8, 4) is 0 Å². The minimum atomic E-state index is 0.177. The largest absolute Gasteiger partial charge is 0.329 e. The topological polar surface area (TPSA) is 29.3 Å². The first kappa shape index (κ1) is 17.0. The second-order valence-corrected chi connectivity index (χ2v) is 8.14. The molecular weight excluding hydrogens is 232 g/mol. The number of likely N-dealkylation sites (N-methyl/N-ethyl adjacent to an activating group) is 1. The lowest BCUT2D eigenvalue weighted by atomic mass is 9.74. The Labute approximate surface area is 121 Å². The average Bonchev–Trinajstić information content (AvgIpc) is 2.35. The molecule has 0 aromatic rings. The van der Waals surface area contributed by atoms with E-state index in [-0.39, 0.29) is 5.54 Å². The van der Waals surface area contributed by atoms with Gasteiger partial charge in [0.1, 0.15) is 0 Å². The monoisotopic (exact) mass is 268 g/mol. The lowest BCUT2D eigenvalue weighted by Gasteiger charge is -2.47. The Morgan fingerprint density at radius 2 is 1.79 bits per heavy atom. The second kappa shape index (κ2) is 6.58. The Bertz CT molecular complexity index is 262. The minimum absolute atomic E-state index is 0.177. The fourth-order valence-corrected chi connectivity index (χ4v) is 3.23. The highest BCUT2D eigenvalue weighted by Crippen LogP contribution is 2.38. The van der Waals surface area contributed by atoms with Crippen LogP contribution in [0.1, 0.15) is 73.1 Å².